The summed E-state index contributed by atoms with van der Waals surface area (Å²) in [7, 11) is 1.92. The molecule has 0 radical (unpaired) electrons. The van der Waals surface area contributed by atoms with E-state index in [-0.39, 0.29) is 6.61 Å². The Kier molecular flexibility index (Phi) is 4.89. The van der Waals surface area contributed by atoms with Gasteiger partial charge in [0.1, 0.15) is 0 Å². The van der Waals surface area contributed by atoms with Crippen molar-refractivity contribution >= 4 is 0 Å². The quantitative estimate of drug-likeness (QED) is 0.575. The third-order valence-electron chi connectivity index (χ3n) is 2.21. The molecule has 1 aromatic rings. The van der Waals surface area contributed by atoms with Crippen LogP contribution in [-0.4, -0.2) is 18.7 Å². The van der Waals surface area contributed by atoms with Crippen LogP contribution in [0.15, 0.2) is 18.2 Å². The molecular weight excluding hydrogens is 186 g/mol. The lowest BCUT2D eigenvalue weighted by atomic mass is 10.1. The maximum absolute atomic E-state index is 9.00. The lowest BCUT2D eigenvalue weighted by molar-refractivity contribution is 0.282. The van der Waals surface area contributed by atoms with Gasteiger partial charge in [0.05, 0.1) is 6.61 Å². The molecular formula is C13H17NO. The highest BCUT2D eigenvalue weighted by Gasteiger charge is 1.96. The normalized spacial score (nSPS) is 9.53. The molecule has 0 unspecified atom stereocenters. The molecule has 0 aliphatic rings. The van der Waals surface area contributed by atoms with Crippen LogP contribution in [0.3, 0.4) is 0 Å². The zero-order valence-electron chi connectivity index (χ0n) is 9.30. The number of hydrogen-bond donors (Lipinski definition) is 2. The van der Waals surface area contributed by atoms with Crippen LogP contribution in [0.5, 0.6) is 0 Å². The minimum absolute atomic E-state index is 0.0749. The molecule has 1 aromatic carbocycles. The van der Waals surface area contributed by atoms with Gasteiger partial charge in [0, 0.05) is 18.5 Å². The van der Waals surface area contributed by atoms with Crippen molar-refractivity contribution in [3.8, 4) is 11.8 Å². The van der Waals surface area contributed by atoms with Gasteiger partial charge in [-0.25, -0.2) is 0 Å². The number of benzene rings is 1. The second-order valence-corrected chi connectivity index (χ2v) is 3.46. The van der Waals surface area contributed by atoms with Gasteiger partial charge >= 0.3 is 0 Å². The fourth-order valence-corrected chi connectivity index (χ4v) is 1.25. The number of rotatable bonds is 3. The van der Waals surface area contributed by atoms with Gasteiger partial charge in [-0.15, -0.1) is 0 Å². The first-order chi connectivity index (χ1) is 7.27. The SMILES string of the molecule is CNCCC#Cc1cc(CO)ccc1C. The van der Waals surface area contributed by atoms with E-state index in [2.05, 4.69) is 17.2 Å². The molecule has 1 rings (SSSR count). The summed E-state index contributed by atoms with van der Waals surface area (Å²) in [6.07, 6.45) is 0.847. The van der Waals surface area contributed by atoms with Crippen molar-refractivity contribution in [1.29, 1.82) is 0 Å². The van der Waals surface area contributed by atoms with Gasteiger partial charge in [0.2, 0.25) is 0 Å². The summed E-state index contributed by atoms with van der Waals surface area (Å²) in [5.41, 5.74) is 3.08. The summed E-state index contributed by atoms with van der Waals surface area (Å²) in [4.78, 5) is 0. The first kappa shape index (κ1) is 11.8. The highest BCUT2D eigenvalue weighted by molar-refractivity contribution is 5.43. The Morgan fingerprint density at radius 2 is 2.20 bits per heavy atom. The zero-order valence-corrected chi connectivity index (χ0v) is 9.30. The molecule has 0 saturated heterocycles. The van der Waals surface area contributed by atoms with Crippen molar-refractivity contribution in [2.45, 2.75) is 20.0 Å². The Labute approximate surface area is 91.3 Å². The van der Waals surface area contributed by atoms with Crippen LogP contribution in [0.1, 0.15) is 23.1 Å². The summed E-state index contributed by atoms with van der Waals surface area (Å²) in [6.45, 7) is 3.01. The molecule has 15 heavy (non-hydrogen) atoms. The number of hydrogen-bond acceptors (Lipinski definition) is 2. The Morgan fingerprint density at radius 3 is 2.87 bits per heavy atom. The minimum atomic E-state index is 0.0749. The van der Waals surface area contributed by atoms with Crippen molar-refractivity contribution in [2.75, 3.05) is 13.6 Å². The molecule has 2 heteroatoms. The lowest BCUT2D eigenvalue weighted by Crippen LogP contribution is -2.05. The van der Waals surface area contributed by atoms with E-state index in [1.165, 1.54) is 0 Å². The number of aliphatic hydroxyl groups is 1. The van der Waals surface area contributed by atoms with E-state index < -0.39 is 0 Å². The van der Waals surface area contributed by atoms with Crippen LogP contribution in [0.25, 0.3) is 0 Å². The smallest absolute Gasteiger partial charge is 0.0682 e. The fraction of sp³-hybridized carbons (Fsp3) is 0.385. The van der Waals surface area contributed by atoms with E-state index in [0.717, 1.165) is 29.7 Å². The van der Waals surface area contributed by atoms with Gasteiger partial charge in [-0.3, -0.25) is 0 Å². The van der Waals surface area contributed by atoms with Crippen LogP contribution in [0.4, 0.5) is 0 Å². The first-order valence-corrected chi connectivity index (χ1v) is 5.11. The van der Waals surface area contributed by atoms with E-state index in [1.54, 1.807) is 0 Å². The van der Waals surface area contributed by atoms with Crippen LogP contribution in [0.2, 0.25) is 0 Å². The van der Waals surface area contributed by atoms with Gasteiger partial charge in [-0.05, 0) is 31.2 Å². The Bertz CT molecular complexity index is 374. The van der Waals surface area contributed by atoms with Crippen molar-refractivity contribution in [2.24, 2.45) is 0 Å². The zero-order chi connectivity index (χ0) is 11.1. The number of aryl methyl sites for hydroxylation is 1. The molecule has 0 aliphatic carbocycles. The fourth-order valence-electron chi connectivity index (χ4n) is 1.25. The average Bonchev–Trinajstić information content (AvgIpc) is 2.26. The Balaban J connectivity index is 2.77. The maximum atomic E-state index is 9.00. The molecule has 80 valence electrons. The highest BCUT2D eigenvalue weighted by atomic mass is 16.3. The summed E-state index contributed by atoms with van der Waals surface area (Å²) in [5, 5.41) is 12.1. The maximum Gasteiger partial charge on any atom is 0.0682 e. The third-order valence-corrected chi connectivity index (χ3v) is 2.21. The van der Waals surface area contributed by atoms with Gasteiger partial charge in [0.15, 0.2) is 0 Å². The second-order valence-electron chi connectivity index (χ2n) is 3.46. The molecule has 2 N–H and O–H groups in total. The molecule has 0 bridgehead atoms. The van der Waals surface area contributed by atoms with Gasteiger partial charge in [-0.1, -0.05) is 24.0 Å². The summed E-state index contributed by atoms with van der Waals surface area (Å²) in [5.74, 6) is 6.22. The molecule has 0 aliphatic heterocycles. The van der Waals surface area contributed by atoms with Crippen molar-refractivity contribution < 1.29 is 5.11 Å². The van der Waals surface area contributed by atoms with Crippen LogP contribution in [-0.2, 0) is 6.61 Å². The monoisotopic (exact) mass is 203 g/mol. The summed E-state index contributed by atoms with van der Waals surface area (Å²) in [6, 6.07) is 5.86. The standard InChI is InChI=1S/C13H17NO/c1-11-6-7-12(10-15)9-13(11)5-3-4-8-14-2/h6-7,9,14-15H,4,8,10H2,1-2H3. The second kappa shape index (κ2) is 6.23. The lowest BCUT2D eigenvalue weighted by Gasteiger charge is -2.00. The van der Waals surface area contributed by atoms with E-state index in [4.69, 9.17) is 5.11 Å². The molecule has 0 heterocycles. The minimum Gasteiger partial charge on any atom is -0.392 e. The van der Waals surface area contributed by atoms with Crippen molar-refractivity contribution in [3.05, 3.63) is 34.9 Å². The van der Waals surface area contributed by atoms with Crippen LogP contribution >= 0.6 is 0 Å². The predicted molar refractivity (Wildman–Crippen MR) is 62.5 cm³/mol. The van der Waals surface area contributed by atoms with E-state index >= 15 is 0 Å². The van der Waals surface area contributed by atoms with Gasteiger partial charge in [-0.2, -0.15) is 0 Å². The molecule has 0 spiro atoms. The Hall–Kier alpha value is -1.30. The van der Waals surface area contributed by atoms with Crippen molar-refractivity contribution in [1.82, 2.24) is 5.32 Å². The topological polar surface area (TPSA) is 32.3 Å². The molecule has 0 aromatic heterocycles. The Morgan fingerprint density at radius 1 is 1.40 bits per heavy atom. The van der Waals surface area contributed by atoms with Crippen molar-refractivity contribution in [3.63, 3.8) is 0 Å². The van der Waals surface area contributed by atoms with Crippen LogP contribution in [0, 0.1) is 18.8 Å². The molecule has 0 amide bonds. The predicted octanol–water partition coefficient (Wildman–Crippen LogP) is 1.45. The summed E-state index contributed by atoms with van der Waals surface area (Å²) < 4.78 is 0. The third kappa shape index (κ3) is 3.75. The molecule has 0 atom stereocenters. The van der Waals surface area contributed by atoms with E-state index in [9.17, 15) is 0 Å². The molecule has 0 fully saturated rings. The summed E-state index contributed by atoms with van der Waals surface area (Å²) >= 11 is 0. The largest absolute Gasteiger partial charge is 0.392 e. The van der Waals surface area contributed by atoms with Gasteiger partial charge in [0.25, 0.3) is 0 Å². The van der Waals surface area contributed by atoms with E-state index in [1.807, 2.05) is 32.2 Å². The highest BCUT2D eigenvalue weighted by Crippen LogP contribution is 2.09. The number of nitrogens with one attached hydrogen (secondary N) is 1. The average molecular weight is 203 g/mol. The molecule has 0 saturated carbocycles. The number of aliphatic hydroxyl groups excluding tert-OH is 1. The van der Waals surface area contributed by atoms with Gasteiger partial charge < -0.3 is 10.4 Å². The van der Waals surface area contributed by atoms with E-state index in [0.29, 0.717) is 0 Å². The molecule has 2 nitrogen and oxygen atoms in total. The first-order valence-electron chi connectivity index (χ1n) is 5.11. The van der Waals surface area contributed by atoms with Crippen LogP contribution < -0.4 is 5.32 Å².